The van der Waals surface area contributed by atoms with Gasteiger partial charge in [0, 0.05) is 12.3 Å². The fourth-order valence-corrected chi connectivity index (χ4v) is 5.06. The molecular formula is C21H38O. The summed E-state index contributed by atoms with van der Waals surface area (Å²) in [6.07, 6.45) is 9.75. The molecule has 2 aliphatic rings. The van der Waals surface area contributed by atoms with Crippen molar-refractivity contribution < 1.29 is 4.79 Å². The zero-order chi connectivity index (χ0) is 17.0. The Morgan fingerprint density at radius 3 is 2.50 bits per heavy atom. The first-order valence-corrected chi connectivity index (χ1v) is 9.27. The van der Waals surface area contributed by atoms with Crippen LogP contribution in [0.25, 0.3) is 0 Å². The third-order valence-corrected chi connectivity index (χ3v) is 6.21. The Hall–Kier alpha value is -0.590. The van der Waals surface area contributed by atoms with Crippen LogP contribution in [0.3, 0.4) is 0 Å². The van der Waals surface area contributed by atoms with Crippen LogP contribution >= 0.6 is 0 Å². The molecule has 22 heavy (non-hydrogen) atoms. The van der Waals surface area contributed by atoms with Gasteiger partial charge in [0.2, 0.25) is 0 Å². The standard InChI is InChI=1S/C19H34O.C2H4/c1-14(8-6-12-18(2,3)4)15-10-11-16-17(20)9-7-13-19(15,16)5;1-2/h14-16H,6-13H2,1-5H3;1-2H2. The summed E-state index contributed by atoms with van der Waals surface area (Å²) in [6.45, 7) is 17.9. The molecule has 0 radical (unpaired) electrons. The minimum Gasteiger partial charge on any atom is -0.299 e. The summed E-state index contributed by atoms with van der Waals surface area (Å²) in [4.78, 5) is 12.2. The average Bonchev–Trinajstić information content (AvgIpc) is 2.78. The maximum absolute atomic E-state index is 12.2. The van der Waals surface area contributed by atoms with Crippen molar-refractivity contribution in [2.75, 3.05) is 0 Å². The summed E-state index contributed by atoms with van der Waals surface area (Å²) in [5.41, 5.74) is 0.791. The number of Topliss-reactive ketones (excluding diaryl/α,β-unsaturated/α-hetero) is 1. The fourth-order valence-electron chi connectivity index (χ4n) is 5.06. The van der Waals surface area contributed by atoms with E-state index in [1.165, 1.54) is 38.5 Å². The molecule has 1 heteroatoms. The largest absolute Gasteiger partial charge is 0.299 e. The van der Waals surface area contributed by atoms with Gasteiger partial charge in [-0.3, -0.25) is 4.79 Å². The smallest absolute Gasteiger partial charge is 0.136 e. The van der Waals surface area contributed by atoms with Crippen LogP contribution in [0.5, 0.6) is 0 Å². The van der Waals surface area contributed by atoms with Crippen LogP contribution in [-0.2, 0) is 4.79 Å². The summed E-state index contributed by atoms with van der Waals surface area (Å²) < 4.78 is 0. The Labute approximate surface area is 139 Å². The summed E-state index contributed by atoms with van der Waals surface area (Å²) in [7, 11) is 0. The average molecular weight is 307 g/mol. The van der Waals surface area contributed by atoms with Crippen LogP contribution < -0.4 is 0 Å². The zero-order valence-corrected chi connectivity index (χ0v) is 15.7. The number of carbonyl (C=O) groups excluding carboxylic acids is 1. The van der Waals surface area contributed by atoms with Crippen molar-refractivity contribution in [3.8, 4) is 0 Å². The van der Waals surface area contributed by atoms with E-state index in [4.69, 9.17) is 0 Å². The number of rotatable bonds is 4. The third-order valence-electron chi connectivity index (χ3n) is 6.21. The lowest BCUT2D eigenvalue weighted by Gasteiger charge is -2.42. The van der Waals surface area contributed by atoms with Crippen molar-refractivity contribution in [1.82, 2.24) is 0 Å². The highest BCUT2D eigenvalue weighted by atomic mass is 16.1. The van der Waals surface area contributed by atoms with Crippen molar-refractivity contribution in [1.29, 1.82) is 0 Å². The lowest BCUT2D eigenvalue weighted by atomic mass is 9.62. The summed E-state index contributed by atoms with van der Waals surface area (Å²) in [5.74, 6) is 2.55. The first kappa shape index (κ1) is 19.5. The van der Waals surface area contributed by atoms with E-state index >= 15 is 0 Å². The Morgan fingerprint density at radius 2 is 1.91 bits per heavy atom. The predicted molar refractivity (Wildman–Crippen MR) is 96.9 cm³/mol. The maximum Gasteiger partial charge on any atom is 0.136 e. The summed E-state index contributed by atoms with van der Waals surface area (Å²) in [5, 5.41) is 0. The molecule has 0 aromatic rings. The first-order valence-electron chi connectivity index (χ1n) is 9.27. The molecule has 0 aromatic carbocycles. The van der Waals surface area contributed by atoms with Crippen molar-refractivity contribution in [2.45, 2.75) is 86.0 Å². The molecule has 2 fully saturated rings. The highest BCUT2D eigenvalue weighted by Gasteiger charge is 2.52. The van der Waals surface area contributed by atoms with E-state index in [1.54, 1.807) is 0 Å². The first-order chi connectivity index (χ1) is 10.2. The molecule has 4 atom stereocenters. The Morgan fingerprint density at radius 1 is 1.27 bits per heavy atom. The molecule has 0 aromatic heterocycles. The van der Waals surface area contributed by atoms with Gasteiger partial charge in [0.15, 0.2) is 0 Å². The van der Waals surface area contributed by atoms with Crippen molar-refractivity contribution in [3.05, 3.63) is 13.2 Å². The second-order valence-corrected chi connectivity index (χ2v) is 8.99. The topological polar surface area (TPSA) is 17.1 Å². The number of hydrogen-bond donors (Lipinski definition) is 0. The van der Waals surface area contributed by atoms with E-state index in [0.29, 0.717) is 22.5 Å². The molecule has 1 nitrogen and oxygen atoms in total. The van der Waals surface area contributed by atoms with Gasteiger partial charge >= 0.3 is 0 Å². The quantitative estimate of drug-likeness (QED) is 0.547. The number of carbonyl (C=O) groups is 1. The van der Waals surface area contributed by atoms with Crippen LogP contribution in [0.15, 0.2) is 13.2 Å². The van der Waals surface area contributed by atoms with Gasteiger partial charge in [-0.1, -0.05) is 47.5 Å². The molecule has 0 heterocycles. The van der Waals surface area contributed by atoms with Gasteiger partial charge in [-0.25, -0.2) is 0 Å². The molecule has 2 rings (SSSR count). The van der Waals surface area contributed by atoms with Gasteiger partial charge < -0.3 is 0 Å². The van der Waals surface area contributed by atoms with E-state index in [9.17, 15) is 4.79 Å². The second-order valence-electron chi connectivity index (χ2n) is 8.99. The Kier molecular flexibility index (Phi) is 6.89. The molecule has 0 spiro atoms. The van der Waals surface area contributed by atoms with E-state index in [0.717, 1.165) is 24.7 Å². The monoisotopic (exact) mass is 306 g/mol. The molecule has 2 saturated carbocycles. The molecule has 0 N–H and O–H groups in total. The molecule has 0 aliphatic heterocycles. The summed E-state index contributed by atoms with van der Waals surface area (Å²) >= 11 is 0. The number of ketones is 1. The van der Waals surface area contributed by atoms with Crippen LogP contribution in [-0.4, -0.2) is 5.78 Å². The normalized spacial score (nSPS) is 32.9. The number of fused-ring (bicyclic) bond motifs is 1. The Bertz CT molecular complexity index is 365. The van der Waals surface area contributed by atoms with Crippen LogP contribution in [0.1, 0.15) is 86.0 Å². The van der Waals surface area contributed by atoms with E-state index in [1.807, 2.05) is 0 Å². The molecule has 0 saturated heterocycles. The Balaban J connectivity index is 0.00000116. The van der Waals surface area contributed by atoms with Gasteiger partial charge in [-0.15, -0.1) is 13.2 Å². The van der Waals surface area contributed by atoms with Crippen molar-refractivity contribution in [2.24, 2.45) is 28.6 Å². The second kappa shape index (κ2) is 7.79. The van der Waals surface area contributed by atoms with Crippen molar-refractivity contribution in [3.63, 3.8) is 0 Å². The van der Waals surface area contributed by atoms with E-state index in [2.05, 4.69) is 47.8 Å². The van der Waals surface area contributed by atoms with E-state index < -0.39 is 0 Å². The predicted octanol–water partition coefficient (Wildman–Crippen LogP) is 6.43. The minimum atomic E-state index is 0.330. The third kappa shape index (κ3) is 4.46. The zero-order valence-electron chi connectivity index (χ0n) is 15.7. The molecule has 0 bridgehead atoms. The molecule has 128 valence electrons. The van der Waals surface area contributed by atoms with E-state index in [-0.39, 0.29) is 0 Å². The van der Waals surface area contributed by atoms with Gasteiger partial charge in [-0.05, 0) is 54.8 Å². The molecule has 0 amide bonds. The fraction of sp³-hybridized carbons (Fsp3) is 0.857. The van der Waals surface area contributed by atoms with Crippen molar-refractivity contribution >= 4 is 5.78 Å². The SMILES string of the molecule is C=C.CC(CCCC(C)(C)C)C1CCC2C(=O)CCCC21C. The van der Waals surface area contributed by atoms with Gasteiger partial charge in [0.05, 0.1) is 0 Å². The maximum atomic E-state index is 12.2. The van der Waals surface area contributed by atoms with Gasteiger partial charge in [0.25, 0.3) is 0 Å². The molecule has 4 unspecified atom stereocenters. The summed E-state index contributed by atoms with van der Waals surface area (Å²) in [6, 6.07) is 0. The molecular weight excluding hydrogens is 268 g/mol. The lowest BCUT2D eigenvalue weighted by Crippen LogP contribution is -2.39. The van der Waals surface area contributed by atoms with Gasteiger partial charge in [0.1, 0.15) is 5.78 Å². The lowest BCUT2D eigenvalue weighted by molar-refractivity contribution is -0.130. The highest BCUT2D eigenvalue weighted by Crippen LogP contribution is 2.57. The van der Waals surface area contributed by atoms with Crippen LogP contribution in [0.4, 0.5) is 0 Å². The van der Waals surface area contributed by atoms with Crippen LogP contribution in [0, 0.1) is 28.6 Å². The minimum absolute atomic E-state index is 0.330. The molecule has 2 aliphatic carbocycles. The number of hydrogen-bond acceptors (Lipinski definition) is 1. The van der Waals surface area contributed by atoms with Crippen LogP contribution in [0.2, 0.25) is 0 Å². The highest BCUT2D eigenvalue weighted by molar-refractivity contribution is 5.83. The van der Waals surface area contributed by atoms with Gasteiger partial charge in [-0.2, -0.15) is 0 Å².